The zero-order chi connectivity index (χ0) is 13.1. The molecular weight excluding hydrogens is 360 g/mol. The van der Waals surface area contributed by atoms with E-state index in [9.17, 15) is 4.79 Å². The number of likely N-dealkylation sites (tertiary alicyclic amines) is 1. The van der Waals surface area contributed by atoms with Crippen LogP contribution in [0.2, 0.25) is 0 Å². The predicted octanol–water partition coefficient (Wildman–Crippen LogP) is 3.25. The second-order valence-corrected chi connectivity index (χ2v) is 6.69. The van der Waals surface area contributed by atoms with Crippen molar-refractivity contribution in [2.24, 2.45) is 0 Å². The standard InChI is InChI=1S/C13H18Br2N2O/c1-16-6-3-2-4-11(16)5-7-17-9-10(14)8-12(15)13(17)18/h8-9,11H,2-7H2,1H3. The Morgan fingerprint density at radius 1 is 1.39 bits per heavy atom. The molecule has 2 rings (SSSR count). The van der Waals surface area contributed by atoms with Crippen molar-refractivity contribution in [1.82, 2.24) is 9.47 Å². The van der Waals surface area contributed by atoms with Crippen LogP contribution in [-0.4, -0.2) is 29.1 Å². The fraction of sp³-hybridized carbons (Fsp3) is 0.615. The van der Waals surface area contributed by atoms with Gasteiger partial charge in [-0.15, -0.1) is 0 Å². The van der Waals surface area contributed by atoms with Crippen LogP contribution in [0.4, 0.5) is 0 Å². The van der Waals surface area contributed by atoms with Crippen molar-refractivity contribution in [1.29, 1.82) is 0 Å². The zero-order valence-electron chi connectivity index (χ0n) is 10.5. The number of rotatable bonds is 3. The minimum Gasteiger partial charge on any atom is -0.313 e. The highest BCUT2D eigenvalue weighted by Crippen LogP contribution is 2.19. The Hall–Kier alpha value is -0.130. The molecule has 0 aliphatic carbocycles. The Labute approximate surface area is 124 Å². The van der Waals surface area contributed by atoms with E-state index in [1.165, 1.54) is 25.8 Å². The molecule has 0 spiro atoms. The lowest BCUT2D eigenvalue weighted by atomic mass is 10.0. The smallest absolute Gasteiger partial charge is 0.264 e. The van der Waals surface area contributed by atoms with E-state index in [-0.39, 0.29) is 5.56 Å². The van der Waals surface area contributed by atoms with Crippen molar-refractivity contribution in [2.75, 3.05) is 13.6 Å². The van der Waals surface area contributed by atoms with Crippen molar-refractivity contribution in [2.45, 2.75) is 38.3 Å². The molecule has 0 saturated carbocycles. The summed E-state index contributed by atoms with van der Waals surface area (Å²) in [5, 5.41) is 0. The number of piperidine rings is 1. The number of hydrogen-bond donors (Lipinski definition) is 0. The van der Waals surface area contributed by atoms with Gasteiger partial charge in [0.25, 0.3) is 5.56 Å². The predicted molar refractivity (Wildman–Crippen MR) is 81.0 cm³/mol. The molecule has 0 N–H and O–H groups in total. The van der Waals surface area contributed by atoms with Gasteiger partial charge < -0.3 is 9.47 Å². The number of halogens is 2. The summed E-state index contributed by atoms with van der Waals surface area (Å²) in [4.78, 5) is 14.4. The molecule has 2 heterocycles. The van der Waals surface area contributed by atoms with Crippen LogP contribution in [0.15, 0.2) is 26.0 Å². The third-order valence-corrected chi connectivity index (χ3v) is 4.64. The lowest BCUT2D eigenvalue weighted by Gasteiger charge is -2.32. The molecule has 1 aliphatic rings. The second-order valence-electron chi connectivity index (χ2n) is 4.92. The monoisotopic (exact) mass is 376 g/mol. The molecule has 5 heteroatoms. The van der Waals surface area contributed by atoms with Crippen LogP contribution in [0.1, 0.15) is 25.7 Å². The SMILES string of the molecule is CN1CCCCC1CCn1cc(Br)cc(Br)c1=O. The number of hydrogen-bond acceptors (Lipinski definition) is 2. The Kier molecular flexibility index (Phi) is 5.04. The van der Waals surface area contributed by atoms with Gasteiger partial charge in [0.05, 0.1) is 4.47 Å². The highest BCUT2D eigenvalue weighted by molar-refractivity contribution is 9.11. The van der Waals surface area contributed by atoms with Gasteiger partial charge in [-0.25, -0.2) is 0 Å². The topological polar surface area (TPSA) is 25.2 Å². The summed E-state index contributed by atoms with van der Waals surface area (Å²) >= 11 is 6.73. The van der Waals surface area contributed by atoms with Gasteiger partial charge in [0.1, 0.15) is 0 Å². The summed E-state index contributed by atoms with van der Waals surface area (Å²) in [6.45, 7) is 1.97. The quantitative estimate of drug-likeness (QED) is 0.807. The normalized spacial score (nSPS) is 21.2. The summed E-state index contributed by atoms with van der Waals surface area (Å²) in [6.07, 6.45) is 6.77. The molecule has 0 amide bonds. The van der Waals surface area contributed by atoms with Crippen LogP contribution >= 0.6 is 31.9 Å². The molecule has 18 heavy (non-hydrogen) atoms. The lowest BCUT2D eigenvalue weighted by Crippen LogP contribution is -2.37. The van der Waals surface area contributed by atoms with E-state index < -0.39 is 0 Å². The zero-order valence-corrected chi connectivity index (χ0v) is 13.7. The summed E-state index contributed by atoms with van der Waals surface area (Å²) < 4.78 is 3.34. The number of nitrogens with zero attached hydrogens (tertiary/aromatic N) is 2. The molecule has 3 nitrogen and oxygen atoms in total. The van der Waals surface area contributed by atoms with E-state index in [0.717, 1.165) is 17.4 Å². The minimum atomic E-state index is 0.0525. The van der Waals surface area contributed by atoms with E-state index in [0.29, 0.717) is 10.5 Å². The molecule has 1 atom stereocenters. The van der Waals surface area contributed by atoms with Gasteiger partial charge in [0.15, 0.2) is 0 Å². The highest BCUT2D eigenvalue weighted by Gasteiger charge is 2.18. The first-order valence-corrected chi connectivity index (χ1v) is 7.92. The largest absolute Gasteiger partial charge is 0.313 e. The first kappa shape index (κ1) is 14.3. The number of aromatic nitrogens is 1. The third-order valence-electron chi connectivity index (χ3n) is 3.63. The first-order chi connectivity index (χ1) is 8.58. The molecule has 1 saturated heterocycles. The Bertz CT molecular complexity index is 473. The number of pyridine rings is 1. The van der Waals surface area contributed by atoms with E-state index in [4.69, 9.17) is 0 Å². The van der Waals surface area contributed by atoms with E-state index in [1.54, 1.807) is 10.6 Å². The Morgan fingerprint density at radius 2 is 2.17 bits per heavy atom. The lowest BCUT2D eigenvalue weighted by molar-refractivity contribution is 0.170. The molecule has 1 aliphatic heterocycles. The van der Waals surface area contributed by atoms with Crippen LogP contribution in [0.5, 0.6) is 0 Å². The van der Waals surface area contributed by atoms with Crippen molar-refractivity contribution >= 4 is 31.9 Å². The molecule has 1 aromatic heterocycles. The molecule has 0 bridgehead atoms. The van der Waals surface area contributed by atoms with Crippen LogP contribution in [0, 0.1) is 0 Å². The van der Waals surface area contributed by atoms with Gasteiger partial charge in [-0.3, -0.25) is 4.79 Å². The van der Waals surface area contributed by atoms with Crippen LogP contribution in [0.3, 0.4) is 0 Å². The highest BCUT2D eigenvalue weighted by atomic mass is 79.9. The van der Waals surface area contributed by atoms with E-state index in [2.05, 4.69) is 43.8 Å². The van der Waals surface area contributed by atoms with Gasteiger partial charge in [-0.1, -0.05) is 6.42 Å². The molecular formula is C13H18Br2N2O. The van der Waals surface area contributed by atoms with E-state index >= 15 is 0 Å². The molecule has 100 valence electrons. The molecule has 0 aromatic carbocycles. The first-order valence-electron chi connectivity index (χ1n) is 6.33. The van der Waals surface area contributed by atoms with Gasteiger partial charge in [0, 0.05) is 23.3 Å². The van der Waals surface area contributed by atoms with Gasteiger partial charge >= 0.3 is 0 Å². The van der Waals surface area contributed by atoms with Crippen LogP contribution < -0.4 is 5.56 Å². The van der Waals surface area contributed by atoms with Gasteiger partial charge in [-0.05, 0) is 70.8 Å². The van der Waals surface area contributed by atoms with Crippen LogP contribution in [-0.2, 0) is 6.54 Å². The second kappa shape index (κ2) is 6.35. The van der Waals surface area contributed by atoms with Gasteiger partial charge in [0.2, 0.25) is 0 Å². The summed E-state index contributed by atoms with van der Waals surface area (Å²) in [5.74, 6) is 0. The third kappa shape index (κ3) is 3.45. The average molecular weight is 378 g/mol. The van der Waals surface area contributed by atoms with Crippen molar-refractivity contribution < 1.29 is 0 Å². The summed E-state index contributed by atoms with van der Waals surface area (Å²) in [6, 6.07) is 2.41. The summed E-state index contributed by atoms with van der Waals surface area (Å²) in [7, 11) is 2.18. The maximum absolute atomic E-state index is 12.0. The fourth-order valence-electron chi connectivity index (χ4n) is 2.53. The van der Waals surface area contributed by atoms with Gasteiger partial charge in [-0.2, -0.15) is 0 Å². The average Bonchev–Trinajstić information content (AvgIpc) is 2.33. The fourth-order valence-corrected chi connectivity index (χ4v) is 3.79. The van der Waals surface area contributed by atoms with Crippen molar-refractivity contribution in [3.63, 3.8) is 0 Å². The minimum absolute atomic E-state index is 0.0525. The van der Waals surface area contributed by atoms with E-state index in [1.807, 2.05) is 6.20 Å². The Balaban J connectivity index is 2.04. The van der Waals surface area contributed by atoms with Crippen LogP contribution in [0.25, 0.3) is 0 Å². The molecule has 1 fully saturated rings. The molecule has 1 aromatic rings. The number of aryl methyl sites for hydroxylation is 1. The van der Waals surface area contributed by atoms with Crippen molar-refractivity contribution in [3.8, 4) is 0 Å². The Morgan fingerprint density at radius 3 is 2.89 bits per heavy atom. The van der Waals surface area contributed by atoms with Crippen molar-refractivity contribution in [3.05, 3.63) is 31.6 Å². The molecule has 0 radical (unpaired) electrons. The maximum atomic E-state index is 12.0. The summed E-state index contributed by atoms with van der Waals surface area (Å²) in [5.41, 5.74) is 0.0525. The maximum Gasteiger partial charge on any atom is 0.264 e. The molecule has 1 unspecified atom stereocenters.